The molecule has 1 saturated heterocycles. The standard InChI is InChI=1S/C14H16I/c1-8-12-7-14(12)9(2)15-13(8)6-4-10-3-5-11(10)14/h3,8-9,11-13H,5,7H2,1-2H3/q-1/t8-,9+,11?,12?,13?,14?/m0/s1. The molecule has 0 amide bonds. The molecule has 2 aliphatic heterocycles. The van der Waals surface area contributed by atoms with Gasteiger partial charge in [-0.3, -0.25) is 0 Å². The van der Waals surface area contributed by atoms with Gasteiger partial charge in [-0.2, -0.15) is 0 Å². The van der Waals surface area contributed by atoms with Crippen LogP contribution in [0.3, 0.4) is 0 Å². The predicted molar refractivity (Wildman–Crippen MR) is 56.9 cm³/mol. The van der Waals surface area contributed by atoms with Gasteiger partial charge in [0.15, 0.2) is 0 Å². The monoisotopic (exact) mass is 311 g/mol. The van der Waals surface area contributed by atoms with Crippen LogP contribution in [0.1, 0.15) is 26.7 Å². The summed E-state index contributed by atoms with van der Waals surface area (Å²) in [7, 11) is 0. The second kappa shape index (κ2) is 2.64. The Labute approximate surface area is 102 Å². The fourth-order valence-corrected chi connectivity index (χ4v) is 8.56. The van der Waals surface area contributed by atoms with Gasteiger partial charge in [-0.05, 0) is 0 Å². The van der Waals surface area contributed by atoms with Gasteiger partial charge in [0.05, 0.1) is 0 Å². The average molecular weight is 311 g/mol. The van der Waals surface area contributed by atoms with Crippen LogP contribution in [0.25, 0.3) is 0 Å². The summed E-state index contributed by atoms with van der Waals surface area (Å²) >= 11 is 0.329. The molecule has 2 fully saturated rings. The first-order valence-electron chi connectivity index (χ1n) is 6.07. The molecule has 3 aliphatic carbocycles. The third-order valence-corrected chi connectivity index (χ3v) is 9.68. The van der Waals surface area contributed by atoms with Crippen LogP contribution >= 0.6 is 0 Å². The molecule has 1 saturated carbocycles. The molecular formula is C14H16I-. The van der Waals surface area contributed by atoms with Crippen molar-refractivity contribution >= 4 is 0 Å². The Morgan fingerprint density at radius 1 is 1.47 bits per heavy atom. The number of hydrogen-bond donors (Lipinski definition) is 0. The Morgan fingerprint density at radius 2 is 2.33 bits per heavy atom. The van der Waals surface area contributed by atoms with Crippen LogP contribution in [0, 0.1) is 35.0 Å². The van der Waals surface area contributed by atoms with Crippen LogP contribution in [0.5, 0.6) is 0 Å². The van der Waals surface area contributed by atoms with E-state index in [1.165, 1.54) is 18.4 Å². The molecule has 4 unspecified atom stereocenters. The van der Waals surface area contributed by atoms with Crippen molar-refractivity contribution in [3.63, 3.8) is 0 Å². The molecule has 80 valence electrons. The van der Waals surface area contributed by atoms with Crippen LogP contribution in [0.4, 0.5) is 0 Å². The van der Waals surface area contributed by atoms with E-state index in [0.717, 1.165) is 31.0 Å². The average Bonchev–Trinajstić information content (AvgIpc) is 2.87. The third-order valence-electron chi connectivity index (χ3n) is 5.22. The molecule has 0 nitrogen and oxygen atoms in total. The zero-order valence-electron chi connectivity index (χ0n) is 9.26. The van der Waals surface area contributed by atoms with Crippen molar-refractivity contribution in [2.75, 3.05) is 0 Å². The number of allylic oxidation sites excluding steroid dienone is 2. The summed E-state index contributed by atoms with van der Waals surface area (Å²) in [4.78, 5) is 0. The molecule has 0 N–H and O–H groups in total. The van der Waals surface area contributed by atoms with E-state index in [1.54, 1.807) is 0 Å². The Hall–Kier alpha value is 0.0300. The van der Waals surface area contributed by atoms with Crippen molar-refractivity contribution in [3.8, 4) is 11.8 Å². The number of hydrogen-bond acceptors (Lipinski definition) is 0. The maximum absolute atomic E-state index is 3.61. The zero-order valence-corrected chi connectivity index (χ0v) is 11.4. The van der Waals surface area contributed by atoms with E-state index in [-0.39, 0.29) is 0 Å². The Kier molecular flexibility index (Phi) is 1.60. The van der Waals surface area contributed by atoms with E-state index in [4.69, 9.17) is 0 Å². The molecule has 1 heteroatoms. The van der Waals surface area contributed by atoms with Crippen molar-refractivity contribution in [1.82, 2.24) is 0 Å². The van der Waals surface area contributed by atoms with Crippen LogP contribution in [0.2, 0.25) is 0 Å². The minimum atomic E-state index is 0.329. The van der Waals surface area contributed by atoms with Crippen molar-refractivity contribution in [2.45, 2.75) is 34.5 Å². The van der Waals surface area contributed by atoms with Crippen molar-refractivity contribution < 1.29 is 21.2 Å². The number of halogens is 1. The fourth-order valence-electron chi connectivity index (χ4n) is 4.09. The van der Waals surface area contributed by atoms with Crippen molar-refractivity contribution in [2.24, 2.45) is 23.2 Å². The van der Waals surface area contributed by atoms with Gasteiger partial charge in [-0.1, -0.05) is 0 Å². The van der Waals surface area contributed by atoms with Gasteiger partial charge in [-0.15, -0.1) is 0 Å². The third kappa shape index (κ3) is 0.918. The van der Waals surface area contributed by atoms with Crippen LogP contribution < -0.4 is 21.2 Å². The first-order chi connectivity index (χ1) is 7.23. The van der Waals surface area contributed by atoms with Gasteiger partial charge >= 0.3 is 102 Å². The van der Waals surface area contributed by atoms with Gasteiger partial charge in [0.1, 0.15) is 0 Å². The quantitative estimate of drug-likeness (QED) is 0.320. The molecule has 0 radical (unpaired) electrons. The summed E-state index contributed by atoms with van der Waals surface area (Å²) in [5, 5.41) is 0. The van der Waals surface area contributed by atoms with E-state index >= 15 is 0 Å². The first kappa shape index (κ1) is 9.10. The number of alkyl halides is 2. The molecule has 2 heterocycles. The molecule has 0 aromatic rings. The molecular weight excluding hydrogens is 295 g/mol. The van der Waals surface area contributed by atoms with Crippen LogP contribution in [-0.2, 0) is 0 Å². The summed E-state index contributed by atoms with van der Waals surface area (Å²) < 4.78 is 1.84. The van der Waals surface area contributed by atoms with Crippen LogP contribution in [0.15, 0.2) is 11.6 Å². The molecule has 6 atom stereocenters. The van der Waals surface area contributed by atoms with Crippen molar-refractivity contribution in [1.29, 1.82) is 0 Å². The van der Waals surface area contributed by atoms with E-state index in [9.17, 15) is 0 Å². The van der Waals surface area contributed by atoms with E-state index in [2.05, 4.69) is 31.8 Å². The summed E-state index contributed by atoms with van der Waals surface area (Å²) in [5.41, 5.74) is 2.27. The van der Waals surface area contributed by atoms with Gasteiger partial charge < -0.3 is 0 Å². The normalized spacial score (nSPS) is 59.1. The topological polar surface area (TPSA) is 0 Å². The second-order valence-corrected chi connectivity index (χ2v) is 9.57. The Bertz CT molecular complexity index is 424. The first-order valence-corrected chi connectivity index (χ1v) is 8.56. The zero-order chi connectivity index (χ0) is 10.2. The molecule has 0 aromatic heterocycles. The summed E-state index contributed by atoms with van der Waals surface area (Å²) in [5.74, 6) is 9.94. The van der Waals surface area contributed by atoms with Gasteiger partial charge in [0.2, 0.25) is 0 Å². The molecule has 5 aliphatic rings. The Morgan fingerprint density at radius 3 is 3.07 bits per heavy atom. The van der Waals surface area contributed by atoms with E-state index in [0.29, 0.717) is 21.2 Å². The van der Waals surface area contributed by atoms with Crippen molar-refractivity contribution in [3.05, 3.63) is 11.6 Å². The van der Waals surface area contributed by atoms with E-state index < -0.39 is 0 Å². The fraction of sp³-hybridized carbons (Fsp3) is 0.714. The minimum absolute atomic E-state index is 0.329. The van der Waals surface area contributed by atoms with Gasteiger partial charge in [0, 0.05) is 0 Å². The molecule has 15 heavy (non-hydrogen) atoms. The summed E-state index contributed by atoms with van der Waals surface area (Å²) in [6.07, 6.45) is 5.25. The SMILES string of the molecule is C[C@@H]1C2C#CC3=CCC3C3(CC13)[C@@H](C)[I-]2. The van der Waals surface area contributed by atoms with Gasteiger partial charge in [0.25, 0.3) is 0 Å². The van der Waals surface area contributed by atoms with Crippen LogP contribution in [-0.4, -0.2) is 7.85 Å². The summed E-state index contributed by atoms with van der Waals surface area (Å²) in [6, 6.07) is 0. The molecule has 0 aromatic carbocycles. The molecule has 5 rings (SSSR count). The second-order valence-electron chi connectivity index (χ2n) is 5.64. The predicted octanol–water partition coefficient (Wildman–Crippen LogP) is -0.548. The molecule has 2 bridgehead atoms. The van der Waals surface area contributed by atoms with E-state index in [1.807, 2.05) is 0 Å². The number of fused-ring (bicyclic) bond motifs is 1. The Balaban J connectivity index is 1.89. The number of rotatable bonds is 0. The summed E-state index contributed by atoms with van der Waals surface area (Å²) in [6.45, 7) is 5.01. The molecule has 1 spiro atoms. The van der Waals surface area contributed by atoms with Gasteiger partial charge in [-0.25, -0.2) is 0 Å². The maximum atomic E-state index is 3.61.